The van der Waals surface area contributed by atoms with Crippen LogP contribution in [0.4, 0.5) is 5.69 Å². The van der Waals surface area contributed by atoms with Gasteiger partial charge in [0.2, 0.25) is 0 Å². The summed E-state index contributed by atoms with van der Waals surface area (Å²) in [5, 5.41) is 3.22. The first kappa shape index (κ1) is 7.86. The minimum Gasteiger partial charge on any atom is -0.451 e. The Hall–Kier alpha value is -1.77. The van der Waals surface area contributed by atoms with E-state index in [0.717, 1.165) is 11.4 Å². The molecule has 2 aromatic rings. The van der Waals surface area contributed by atoms with Crippen molar-refractivity contribution in [1.29, 1.82) is 0 Å². The molecule has 1 heterocycles. The fraction of sp³-hybridized carbons (Fsp3) is 0.100. The molecule has 0 saturated carbocycles. The van der Waals surface area contributed by atoms with E-state index in [1.807, 2.05) is 30.3 Å². The van der Waals surface area contributed by atoms with Crippen molar-refractivity contribution >= 4 is 5.69 Å². The minimum absolute atomic E-state index is 0.695. The maximum Gasteiger partial charge on any atom is 0.180 e. The van der Waals surface area contributed by atoms with Gasteiger partial charge in [-0.3, -0.25) is 0 Å². The molecule has 1 aromatic carbocycles. The average Bonchev–Trinajstić information content (AvgIpc) is 2.69. The van der Waals surface area contributed by atoms with E-state index in [9.17, 15) is 0 Å². The molecule has 0 spiro atoms. The molecule has 3 heteroatoms. The molecule has 1 aromatic heterocycles. The van der Waals surface area contributed by atoms with Crippen LogP contribution in [0, 0.1) is 0 Å². The summed E-state index contributed by atoms with van der Waals surface area (Å²) in [4.78, 5) is 4.00. The number of benzene rings is 1. The standard InChI is InChI=1S/C10H10N2O/c1-2-4-9(5-3-1)11-6-10-7-13-8-12-10/h1-5,7-8,11H,6H2. The van der Waals surface area contributed by atoms with E-state index in [0.29, 0.717) is 6.54 Å². The molecular formula is C10H10N2O. The fourth-order valence-electron chi connectivity index (χ4n) is 1.07. The molecule has 0 atom stereocenters. The highest BCUT2D eigenvalue weighted by Crippen LogP contribution is 2.06. The number of oxazole rings is 1. The highest BCUT2D eigenvalue weighted by Gasteiger charge is 1.94. The number of nitrogens with one attached hydrogen (secondary N) is 1. The van der Waals surface area contributed by atoms with Gasteiger partial charge in [-0.15, -0.1) is 0 Å². The predicted octanol–water partition coefficient (Wildman–Crippen LogP) is 2.29. The lowest BCUT2D eigenvalue weighted by Gasteiger charge is -2.02. The molecule has 0 saturated heterocycles. The SMILES string of the molecule is c1ccc(NCc2cocn2)cc1. The van der Waals surface area contributed by atoms with Gasteiger partial charge in [-0.2, -0.15) is 0 Å². The van der Waals surface area contributed by atoms with Crippen molar-refractivity contribution in [3.8, 4) is 0 Å². The Labute approximate surface area is 76.4 Å². The Kier molecular flexibility index (Phi) is 2.27. The maximum absolute atomic E-state index is 4.85. The zero-order valence-corrected chi connectivity index (χ0v) is 7.10. The average molecular weight is 174 g/mol. The van der Waals surface area contributed by atoms with E-state index in [-0.39, 0.29) is 0 Å². The molecule has 0 unspecified atom stereocenters. The summed E-state index contributed by atoms with van der Waals surface area (Å²) in [5.41, 5.74) is 1.99. The fourth-order valence-corrected chi connectivity index (χ4v) is 1.07. The summed E-state index contributed by atoms with van der Waals surface area (Å²) in [7, 11) is 0. The van der Waals surface area contributed by atoms with Crippen LogP contribution in [-0.4, -0.2) is 4.98 Å². The summed E-state index contributed by atoms with van der Waals surface area (Å²) >= 11 is 0. The zero-order chi connectivity index (χ0) is 8.93. The Morgan fingerprint density at radius 3 is 2.77 bits per heavy atom. The molecule has 3 nitrogen and oxygen atoms in total. The number of rotatable bonds is 3. The van der Waals surface area contributed by atoms with Gasteiger partial charge >= 0.3 is 0 Å². The topological polar surface area (TPSA) is 38.1 Å². The predicted molar refractivity (Wildman–Crippen MR) is 50.3 cm³/mol. The molecule has 2 rings (SSSR count). The van der Waals surface area contributed by atoms with Gasteiger partial charge in [0.1, 0.15) is 6.26 Å². The van der Waals surface area contributed by atoms with Crippen LogP contribution >= 0.6 is 0 Å². The smallest absolute Gasteiger partial charge is 0.180 e. The first-order chi connectivity index (χ1) is 6.45. The Balaban J connectivity index is 1.94. The van der Waals surface area contributed by atoms with E-state index in [2.05, 4.69) is 10.3 Å². The van der Waals surface area contributed by atoms with Crippen LogP contribution in [0.5, 0.6) is 0 Å². The van der Waals surface area contributed by atoms with Crippen LogP contribution in [-0.2, 0) is 6.54 Å². The van der Waals surface area contributed by atoms with Crippen molar-refractivity contribution in [1.82, 2.24) is 4.98 Å². The third-order valence-electron chi connectivity index (χ3n) is 1.73. The second-order valence-electron chi connectivity index (χ2n) is 2.70. The lowest BCUT2D eigenvalue weighted by atomic mass is 10.3. The van der Waals surface area contributed by atoms with Crippen molar-refractivity contribution < 1.29 is 4.42 Å². The molecule has 0 bridgehead atoms. The molecule has 0 fully saturated rings. The number of hydrogen-bond donors (Lipinski definition) is 1. The van der Waals surface area contributed by atoms with E-state index < -0.39 is 0 Å². The molecule has 66 valence electrons. The van der Waals surface area contributed by atoms with E-state index in [1.165, 1.54) is 6.39 Å². The van der Waals surface area contributed by atoms with Crippen molar-refractivity contribution in [3.05, 3.63) is 48.7 Å². The van der Waals surface area contributed by atoms with Crippen molar-refractivity contribution in [2.75, 3.05) is 5.32 Å². The zero-order valence-electron chi connectivity index (χ0n) is 7.10. The van der Waals surface area contributed by atoms with E-state index in [4.69, 9.17) is 4.42 Å². The Bertz CT molecular complexity index is 342. The number of para-hydroxylation sites is 1. The van der Waals surface area contributed by atoms with Crippen molar-refractivity contribution in [3.63, 3.8) is 0 Å². The summed E-state index contributed by atoms with van der Waals surface area (Å²) in [6.07, 6.45) is 3.07. The largest absolute Gasteiger partial charge is 0.451 e. The lowest BCUT2D eigenvalue weighted by molar-refractivity contribution is 0.556. The monoisotopic (exact) mass is 174 g/mol. The molecule has 0 aliphatic heterocycles. The number of aromatic nitrogens is 1. The summed E-state index contributed by atoms with van der Waals surface area (Å²) in [6, 6.07) is 10.00. The van der Waals surface area contributed by atoms with Crippen molar-refractivity contribution in [2.24, 2.45) is 0 Å². The van der Waals surface area contributed by atoms with Crippen LogP contribution in [0.3, 0.4) is 0 Å². The summed E-state index contributed by atoms with van der Waals surface area (Å²) < 4.78 is 4.85. The van der Waals surface area contributed by atoms with Gasteiger partial charge in [0.25, 0.3) is 0 Å². The highest BCUT2D eigenvalue weighted by molar-refractivity contribution is 5.42. The van der Waals surface area contributed by atoms with Gasteiger partial charge in [0.15, 0.2) is 6.39 Å². The van der Waals surface area contributed by atoms with Crippen molar-refractivity contribution in [2.45, 2.75) is 6.54 Å². The van der Waals surface area contributed by atoms with Crippen LogP contribution in [0.15, 0.2) is 47.4 Å². The van der Waals surface area contributed by atoms with Gasteiger partial charge in [-0.25, -0.2) is 4.98 Å². The van der Waals surface area contributed by atoms with Gasteiger partial charge in [0.05, 0.1) is 12.2 Å². The second kappa shape index (κ2) is 3.76. The second-order valence-corrected chi connectivity index (χ2v) is 2.70. The van der Waals surface area contributed by atoms with Gasteiger partial charge < -0.3 is 9.73 Å². The van der Waals surface area contributed by atoms with Gasteiger partial charge in [-0.05, 0) is 12.1 Å². The quantitative estimate of drug-likeness (QED) is 0.775. The first-order valence-electron chi connectivity index (χ1n) is 4.11. The number of anilines is 1. The summed E-state index contributed by atoms with van der Waals surface area (Å²) in [6.45, 7) is 0.695. The van der Waals surface area contributed by atoms with E-state index >= 15 is 0 Å². The van der Waals surface area contributed by atoms with Crippen LogP contribution in [0.2, 0.25) is 0 Å². The molecule has 1 N–H and O–H groups in total. The maximum atomic E-state index is 4.85. The van der Waals surface area contributed by atoms with Gasteiger partial charge in [0, 0.05) is 5.69 Å². The number of hydrogen-bond acceptors (Lipinski definition) is 3. The third kappa shape index (κ3) is 2.08. The minimum atomic E-state index is 0.695. The summed E-state index contributed by atoms with van der Waals surface area (Å²) in [5.74, 6) is 0. The van der Waals surface area contributed by atoms with Gasteiger partial charge in [-0.1, -0.05) is 18.2 Å². The van der Waals surface area contributed by atoms with Crippen LogP contribution in [0.25, 0.3) is 0 Å². The highest BCUT2D eigenvalue weighted by atomic mass is 16.3. The lowest BCUT2D eigenvalue weighted by Crippen LogP contribution is -1.98. The van der Waals surface area contributed by atoms with Crippen LogP contribution in [0.1, 0.15) is 5.69 Å². The molecule has 13 heavy (non-hydrogen) atoms. The first-order valence-corrected chi connectivity index (χ1v) is 4.11. The number of nitrogens with zero attached hydrogens (tertiary/aromatic N) is 1. The Morgan fingerprint density at radius 1 is 1.23 bits per heavy atom. The molecule has 0 aliphatic carbocycles. The van der Waals surface area contributed by atoms with Crippen LogP contribution < -0.4 is 5.32 Å². The van der Waals surface area contributed by atoms with E-state index in [1.54, 1.807) is 6.26 Å². The Morgan fingerprint density at radius 2 is 2.08 bits per heavy atom. The molecule has 0 amide bonds. The molecular weight excluding hydrogens is 164 g/mol. The molecule has 0 radical (unpaired) electrons. The molecule has 0 aliphatic rings. The normalized spacial score (nSPS) is 9.85. The third-order valence-corrected chi connectivity index (χ3v) is 1.73.